The van der Waals surface area contributed by atoms with E-state index in [0.29, 0.717) is 13.0 Å². The van der Waals surface area contributed by atoms with E-state index in [-0.39, 0.29) is 16.1 Å². The predicted octanol–water partition coefficient (Wildman–Crippen LogP) is 3.73. The molecule has 6 nitrogen and oxygen atoms in total. The second kappa shape index (κ2) is 8.97. The number of anilines is 1. The van der Waals surface area contributed by atoms with Gasteiger partial charge in [0.25, 0.3) is 5.69 Å². The van der Waals surface area contributed by atoms with Crippen molar-refractivity contribution in [2.45, 2.75) is 24.8 Å². The van der Waals surface area contributed by atoms with Crippen LogP contribution in [-0.2, 0) is 11.2 Å². The summed E-state index contributed by atoms with van der Waals surface area (Å²) in [6.07, 6.45) is 2.65. The molecule has 0 aromatic heterocycles. The highest BCUT2D eigenvalue weighted by atomic mass is 16.6. The average Bonchev–Trinajstić information content (AvgIpc) is 2.69. The molecule has 144 valence electrons. The third kappa shape index (κ3) is 5.05. The first-order valence-electron chi connectivity index (χ1n) is 9.39. The van der Waals surface area contributed by atoms with Gasteiger partial charge in [-0.25, -0.2) is 0 Å². The Morgan fingerprint density at radius 2 is 1.78 bits per heavy atom. The number of piperidine rings is 1. The van der Waals surface area contributed by atoms with Gasteiger partial charge in [0, 0.05) is 44.1 Å². The first-order valence-corrected chi connectivity index (χ1v) is 9.39. The number of rotatable bonds is 8. The van der Waals surface area contributed by atoms with E-state index in [1.165, 1.54) is 0 Å². The maximum Gasteiger partial charge on any atom is 0.272 e. The standard InChI is InChI=1S/C21H27N3O3/c1-27-17-21(22-19-8-3-2-4-9-19)12-15-23(16-13-21)14-11-18-7-5-6-10-20(18)24(25)26/h2-10,22H,11-17H2,1H3. The molecule has 1 aliphatic heterocycles. The van der Waals surface area contributed by atoms with Crippen molar-refractivity contribution in [2.24, 2.45) is 0 Å². The molecule has 0 bridgehead atoms. The lowest BCUT2D eigenvalue weighted by molar-refractivity contribution is -0.385. The fourth-order valence-corrected chi connectivity index (χ4v) is 3.79. The van der Waals surface area contributed by atoms with E-state index in [9.17, 15) is 10.1 Å². The molecule has 0 atom stereocenters. The van der Waals surface area contributed by atoms with E-state index in [1.807, 2.05) is 30.3 Å². The topological polar surface area (TPSA) is 67.6 Å². The van der Waals surface area contributed by atoms with Crippen molar-refractivity contribution in [3.8, 4) is 0 Å². The molecule has 0 amide bonds. The summed E-state index contributed by atoms with van der Waals surface area (Å²) in [5.74, 6) is 0. The Bertz CT molecular complexity index is 743. The highest BCUT2D eigenvalue weighted by Crippen LogP contribution is 2.28. The summed E-state index contributed by atoms with van der Waals surface area (Å²) >= 11 is 0. The zero-order valence-electron chi connectivity index (χ0n) is 15.8. The third-order valence-electron chi connectivity index (χ3n) is 5.30. The van der Waals surface area contributed by atoms with Crippen LogP contribution in [0.1, 0.15) is 18.4 Å². The maximum atomic E-state index is 11.2. The quantitative estimate of drug-likeness (QED) is 0.567. The van der Waals surface area contributed by atoms with Gasteiger partial charge in [-0.2, -0.15) is 0 Å². The molecule has 1 heterocycles. The molecule has 1 N–H and O–H groups in total. The number of hydrogen-bond donors (Lipinski definition) is 1. The summed E-state index contributed by atoms with van der Waals surface area (Å²) in [4.78, 5) is 13.3. The van der Waals surface area contributed by atoms with Gasteiger partial charge in [-0.15, -0.1) is 0 Å². The smallest absolute Gasteiger partial charge is 0.272 e. The largest absolute Gasteiger partial charge is 0.382 e. The Hall–Kier alpha value is -2.44. The van der Waals surface area contributed by atoms with Gasteiger partial charge in [0.05, 0.1) is 17.1 Å². The molecule has 1 aliphatic rings. The van der Waals surface area contributed by atoms with Crippen LogP contribution in [0.4, 0.5) is 11.4 Å². The summed E-state index contributed by atoms with van der Waals surface area (Å²) < 4.78 is 5.51. The van der Waals surface area contributed by atoms with Gasteiger partial charge >= 0.3 is 0 Å². The van der Waals surface area contributed by atoms with Crippen LogP contribution in [0.5, 0.6) is 0 Å². The predicted molar refractivity (Wildman–Crippen MR) is 107 cm³/mol. The van der Waals surface area contributed by atoms with E-state index >= 15 is 0 Å². The second-order valence-corrected chi connectivity index (χ2v) is 7.18. The minimum absolute atomic E-state index is 0.0641. The fraction of sp³-hybridized carbons (Fsp3) is 0.429. The van der Waals surface area contributed by atoms with Crippen molar-refractivity contribution < 1.29 is 9.66 Å². The van der Waals surface area contributed by atoms with E-state index in [2.05, 4.69) is 22.3 Å². The molecule has 0 unspecified atom stereocenters. The normalized spacial score (nSPS) is 16.8. The molecule has 1 fully saturated rings. The lowest BCUT2D eigenvalue weighted by Gasteiger charge is -2.42. The summed E-state index contributed by atoms with van der Waals surface area (Å²) in [6.45, 7) is 3.40. The van der Waals surface area contributed by atoms with Crippen LogP contribution in [0.15, 0.2) is 54.6 Å². The minimum Gasteiger partial charge on any atom is -0.382 e. The maximum absolute atomic E-state index is 11.2. The molecular weight excluding hydrogens is 342 g/mol. The molecule has 0 radical (unpaired) electrons. The van der Waals surface area contributed by atoms with Crippen molar-refractivity contribution in [3.05, 3.63) is 70.3 Å². The van der Waals surface area contributed by atoms with Crippen LogP contribution in [-0.4, -0.2) is 48.7 Å². The number of nitro benzene ring substituents is 1. The van der Waals surface area contributed by atoms with Gasteiger partial charge in [0.2, 0.25) is 0 Å². The van der Waals surface area contributed by atoms with E-state index in [4.69, 9.17) is 4.74 Å². The Balaban J connectivity index is 1.58. The number of benzene rings is 2. The van der Waals surface area contributed by atoms with Crippen molar-refractivity contribution in [2.75, 3.05) is 38.7 Å². The first kappa shape index (κ1) is 19.3. The number of hydrogen-bond acceptors (Lipinski definition) is 5. The number of ether oxygens (including phenoxy) is 1. The fourth-order valence-electron chi connectivity index (χ4n) is 3.79. The molecule has 0 spiro atoms. The van der Waals surface area contributed by atoms with Crippen LogP contribution < -0.4 is 5.32 Å². The summed E-state index contributed by atoms with van der Waals surface area (Å²) in [6, 6.07) is 17.3. The van der Waals surface area contributed by atoms with Gasteiger partial charge in [-0.3, -0.25) is 10.1 Å². The van der Waals surface area contributed by atoms with Crippen molar-refractivity contribution >= 4 is 11.4 Å². The van der Waals surface area contributed by atoms with Crippen molar-refractivity contribution in [1.29, 1.82) is 0 Å². The van der Waals surface area contributed by atoms with Gasteiger partial charge in [0.1, 0.15) is 0 Å². The van der Waals surface area contributed by atoms with Crippen molar-refractivity contribution in [3.63, 3.8) is 0 Å². The lowest BCUT2D eigenvalue weighted by atomic mass is 9.87. The van der Waals surface area contributed by atoms with E-state index in [1.54, 1.807) is 19.2 Å². The number of likely N-dealkylation sites (tertiary alicyclic amines) is 1. The highest BCUT2D eigenvalue weighted by Gasteiger charge is 2.34. The zero-order chi connectivity index (χ0) is 19.1. The number of para-hydroxylation sites is 2. The van der Waals surface area contributed by atoms with Gasteiger partial charge in [-0.1, -0.05) is 36.4 Å². The third-order valence-corrected chi connectivity index (χ3v) is 5.30. The molecule has 0 saturated carbocycles. The number of methoxy groups -OCH3 is 1. The van der Waals surface area contributed by atoms with Crippen LogP contribution in [0, 0.1) is 10.1 Å². The number of nitrogens with one attached hydrogen (secondary N) is 1. The molecule has 3 rings (SSSR count). The Morgan fingerprint density at radius 1 is 1.11 bits per heavy atom. The molecular formula is C21H27N3O3. The van der Waals surface area contributed by atoms with Crippen LogP contribution in [0.2, 0.25) is 0 Å². The van der Waals surface area contributed by atoms with Crippen LogP contribution in [0.25, 0.3) is 0 Å². The van der Waals surface area contributed by atoms with Crippen LogP contribution in [0.3, 0.4) is 0 Å². The first-order chi connectivity index (χ1) is 13.1. The SMILES string of the molecule is COCC1(Nc2ccccc2)CCN(CCc2ccccc2[N+](=O)[O-])CC1. The van der Waals surface area contributed by atoms with Gasteiger partial charge in [0.15, 0.2) is 0 Å². The highest BCUT2D eigenvalue weighted by molar-refractivity contribution is 5.45. The summed E-state index contributed by atoms with van der Waals surface area (Å²) in [7, 11) is 1.75. The van der Waals surface area contributed by atoms with Crippen LogP contribution >= 0.6 is 0 Å². The summed E-state index contributed by atoms with van der Waals surface area (Å²) in [5, 5.41) is 14.8. The second-order valence-electron chi connectivity index (χ2n) is 7.18. The summed E-state index contributed by atoms with van der Waals surface area (Å²) in [5.41, 5.74) is 2.07. The van der Waals surface area contributed by atoms with Crippen molar-refractivity contribution in [1.82, 2.24) is 4.90 Å². The van der Waals surface area contributed by atoms with Gasteiger partial charge in [-0.05, 0) is 31.4 Å². The lowest BCUT2D eigenvalue weighted by Crippen LogP contribution is -2.52. The van der Waals surface area contributed by atoms with E-state index < -0.39 is 0 Å². The number of nitro groups is 1. The Kier molecular flexibility index (Phi) is 6.42. The molecule has 2 aromatic carbocycles. The molecule has 27 heavy (non-hydrogen) atoms. The molecule has 1 saturated heterocycles. The van der Waals surface area contributed by atoms with E-state index in [0.717, 1.165) is 43.7 Å². The Labute approximate surface area is 160 Å². The zero-order valence-corrected chi connectivity index (χ0v) is 15.8. The Morgan fingerprint density at radius 3 is 2.44 bits per heavy atom. The average molecular weight is 369 g/mol. The minimum atomic E-state index is -0.293. The van der Waals surface area contributed by atoms with Gasteiger partial charge < -0.3 is 15.0 Å². The molecule has 6 heteroatoms. The molecule has 0 aliphatic carbocycles. The monoisotopic (exact) mass is 369 g/mol. The number of nitrogens with zero attached hydrogens (tertiary/aromatic N) is 2. The molecule has 2 aromatic rings.